The molecule has 0 saturated carbocycles. The second kappa shape index (κ2) is 7.87. The van der Waals surface area contributed by atoms with Crippen molar-refractivity contribution >= 4 is 18.0 Å². The Morgan fingerprint density at radius 1 is 1.04 bits per heavy atom. The first-order valence-electron chi connectivity index (χ1n) is 7.75. The van der Waals surface area contributed by atoms with Gasteiger partial charge in [0.2, 0.25) is 0 Å². The molecule has 0 saturated heterocycles. The number of allylic oxidation sites excluding steroid dienone is 1. The fourth-order valence-corrected chi connectivity index (χ4v) is 2.23. The van der Waals surface area contributed by atoms with Gasteiger partial charge in [-0.3, -0.25) is 5.01 Å². The van der Waals surface area contributed by atoms with Crippen LogP contribution in [0.15, 0.2) is 78.0 Å². The lowest BCUT2D eigenvalue weighted by Gasteiger charge is -2.11. The molecule has 0 atom stereocenters. The first-order valence-corrected chi connectivity index (χ1v) is 7.75. The van der Waals surface area contributed by atoms with Crippen molar-refractivity contribution in [3.63, 3.8) is 0 Å². The second-order valence-electron chi connectivity index (χ2n) is 5.31. The minimum absolute atomic E-state index is 0.715. The third-order valence-electron chi connectivity index (χ3n) is 3.47. The highest BCUT2D eigenvalue weighted by Gasteiger charge is 1.98. The summed E-state index contributed by atoms with van der Waals surface area (Å²) in [5.41, 5.74) is 3.04. The Balaban J connectivity index is 1.56. The Bertz CT molecular complexity index is 806. The molecule has 0 unspecified atom stereocenters. The van der Waals surface area contributed by atoms with Gasteiger partial charge in [0.15, 0.2) is 0 Å². The van der Waals surface area contributed by atoms with Gasteiger partial charge < -0.3 is 0 Å². The Hall–Kier alpha value is -3.21. The third-order valence-corrected chi connectivity index (χ3v) is 3.47. The van der Waals surface area contributed by atoms with Gasteiger partial charge in [-0.2, -0.15) is 5.10 Å². The fraction of sp³-hybridized carbons (Fsp3) is 0.105. The first-order chi connectivity index (χ1) is 11.8. The zero-order valence-corrected chi connectivity index (χ0v) is 13.5. The zero-order chi connectivity index (χ0) is 16.6. The molecule has 0 amide bonds. The van der Waals surface area contributed by atoms with Crippen LogP contribution in [-0.4, -0.2) is 28.3 Å². The molecular formula is C19H19N5. The minimum atomic E-state index is 0.715. The predicted molar refractivity (Wildman–Crippen MR) is 97.9 cm³/mol. The first kappa shape index (κ1) is 15.7. The van der Waals surface area contributed by atoms with Gasteiger partial charge in [0.25, 0.3) is 0 Å². The van der Waals surface area contributed by atoms with E-state index in [9.17, 15) is 0 Å². The van der Waals surface area contributed by atoms with E-state index in [0.29, 0.717) is 6.54 Å². The number of aromatic nitrogens is 3. The molecule has 0 fully saturated rings. The SMILES string of the molecule is CN(/N=C/C=C/c1cn(Cc2ccccc2)nn1)c1ccccc1. The van der Waals surface area contributed by atoms with Gasteiger partial charge in [-0.15, -0.1) is 5.10 Å². The second-order valence-corrected chi connectivity index (χ2v) is 5.31. The van der Waals surface area contributed by atoms with E-state index < -0.39 is 0 Å². The summed E-state index contributed by atoms with van der Waals surface area (Å²) in [6.45, 7) is 0.715. The van der Waals surface area contributed by atoms with E-state index in [4.69, 9.17) is 0 Å². The fourth-order valence-electron chi connectivity index (χ4n) is 2.23. The van der Waals surface area contributed by atoms with Gasteiger partial charge in [-0.1, -0.05) is 53.7 Å². The topological polar surface area (TPSA) is 46.3 Å². The van der Waals surface area contributed by atoms with Crippen molar-refractivity contribution in [3.05, 3.63) is 84.2 Å². The molecule has 0 aliphatic carbocycles. The Morgan fingerprint density at radius 3 is 2.50 bits per heavy atom. The molecule has 120 valence electrons. The predicted octanol–water partition coefficient (Wildman–Crippen LogP) is 3.46. The quantitative estimate of drug-likeness (QED) is 0.517. The molecule has 5 nitrogen and oxygen atoms in total. The van der Waals surface area contributed by atoms with E-state index in [0.717, 1.165) is 11.4 Å². The van der Waals surface area contributed by atoms with Crippen LogP contribution < -0.4 is 5.01 Å². The van der Waals surface area contributed by atoms with Crippen LogP contribution in [0.1, 0.15) is 11.3 Å². The van der Waals surface area contributed by atoms with Crippen LogP contribution in [0.3, 0.4) is 0 Å². The number of anilines is 1. The highest BCUT2D eigenvalue weighted by atomic mass is 15.4. The van der Waals surface area contributed by atoms with Crippen LogP contribution in [0.25, 0.3) is 6.08 Å². The van der Waals surface area contributed by atoms with Crippen molar-refractivity contribution in [2.24, 2.45) is 5.10 Å². The number of hydrogen-bond donors (Lipinski definition) is 0. The van der Waals surface area contributed by atoms with Gasteiger partial charge in [-0.25, -0.2) is 4.68 Å². The summed E-state index contributed by atoms with van der Waals surface area (Å²) in [6.07, 6.45) is 7.40. The number of hydrazone groups is 1. The van der Waals surface area contributed by atoms with Gasteiger partial charge in [0.05, 0.1) is 18.4 Å². The minimum Gasteiger partial charge on any atom is -0.269 e. The van der Waals surface area contributed by atoms with Crippen molar-refractivity contribution in [3.8, 4) is 0 Å². The van der Waals surface area contributed by atoms with Crippen molar-refractivity contribution in [2.75, 3.05) is 12.1 Å². The van der Waals surface area contributed by atoms with Gasteiger partial charge >= 0.3 is 0 Å². The van der Waals surface area contributed by atoms with Crippen LogP contribution >= 0.6 is 0 Å². The standard InChI is InChI=1S/C19H19N5/c1-23(19-12-6-3-7-13-19)20-14-8-11-18-16-24(22-21-18)15-17-9-4-2-5-10-17/h2-14,16H,15H2,1H3/b11-8+,20-14+. The molecule has 1 aromatic heterocycles. The van der Waals surface area contributed by atoms with Crippen molar-refractivity contribution in [1.82, 2.24) is 15.0 Å². The van der Waals surface area contributed by atoms with Crippen molar-refractivity contribution in [1.29, 1.82) is 0 Å². The molecule has 0 bridgehead atoms. The number of hydrogen-bond acceptors (Lipinski definition) is 4. The smallest absolute Gasteiger partial charge is 0.105 e. The van der Waals surface area contributed by atoms with Crippen LogP contribution in [0, 0.1) is 0 Å². The van der Waals surface area contributed by atoms with Crippen molar-refractivity contribution in [2.45, 2.75) is 6.54 Å². The van der Waals surface area contributed by atoms with Gasteiger partial charge in [0, 0.05) is 13.3 Å². The number of rotatable bonds is 6. The molecule has 0 spiro atoms. The van der Waals surface area contributed by atoms with E-state index >= 15 is 0 Å². The summed E-state index contributed by atoms with van der Waals surface area (Å²) in [4.78, 5) is 0. The summed E-state index contributed by atoms with van der Waals surface area (Å²) >= 11 is 0. The van der Waals surface area contributed by atoms with E-state index in [1.807, 2.05) is 83.6 Å². The molecule has 0 aliphatic heterocycles. The average molecular weight is 317 g/mol. The normalized spacial score (nSPS) is 11.4. The van der Waals surface area contributed by atoms with Gasteiger partial charge in [0.1, 0.15) is 5.69 Å². The lowest BCUT2D eigenvalue weighted by molar-refractivity contribution is 0.649. The molecule has 3 rings (SSSR count). The lowest BCUT2D eigenvalue weighted by Crippen LogP contribution is -2.07. The lowest BCUT2D eigenvalue weighted by atomic mass is 10.2. The molecule has 2 aromatic carbocycles. The molecule has 0 N–H and O–H groups in total. The zero-order valence-electron chi connectivity index (χ0n) is 13.5. The molecule has 1 heterocycles. The van der Waals surface area contributed by atoms with E-state index in [2.05, 4.69) is 27.5 Å². The maximum absolute atomic E-state index is 4.35. The molecule has 0 radical (unpaired) electrons. The molecule has 0 aliphatic rings. The van der Waals surface area contributed by atoms with E-state index in [1.165, 1.54) is 5.56 Å². The summed E-state index contributed by atoms with van der Waals surface area (Å²) in [7, 11) is 1.91. The van der Waals surface area contributed by atoms with Gasteiger partial charge in [-0.05, 0) is 29.8 Å². The summed E-state index contributed by atoms with van der Waals surface area (Å²) in [5.74, 6) is 0. The maximum atomic E-state index is 4.35. The summed E-state index contributed by atoms with van der Waals surface area (Å²) in [5, 5.41) is 14.4. The highest BCUT2D eigenvalue weighted by Crippen LogP contribution is 2.10. The third kappa shape index (κ3) is 4.39. The monoisotopic (exact) mass is 317 g/mol. The van der Waals surface area contributed by atoms with Crippen LogP contribution in [-0.2, 0) is 6.54 Å². The highest BCUT2D eigenvalue weighted by molar-refractivity contribution is 5.78. The van der Waals surface area contributed by atoms with Crippen LogP contribution in [0.4, 0.5) is 5.69 Å². The maximum Gasteiger partial charge on any atom is 0.105 e. The largest absolute Gasteiger partial charge is 0.269 e. The number of para-hydroxylation sites is 1. The Morgan fingerprint density at radius 2 is 1.75 bits per heavy atom. The van der Waals surface area contributed by atoms with Crippen LogP contribution in [0.2, 0.25) is 0 Å². The molecule has 24 heavy (non-hydrogen) atoms. The van der Waals surface area contributed by atoms with Crippen molar-refractivity contribution < 1.29 is 0 Å². The number of nitrogens with zero attached hydrogens (tertiary/aromatic N) is 5. The molecular weight excluding hydrogens is 298 g/mol. The molecule has 3 aromatic rings. The van der Waals surface area contributed by atoms with E-state index in [1.54, 1.807) is 6.21 Å². The van der Waals surface area contributed by atoms with E-state index in [-0.39, 0.29) is 0 Å². The Labute approximate surface area is 141 Å². The summed E-state index contributed by atoms with van der Waals surface area (Å²) < 4.78 is 1.82. The molecule has 5 heteroatoms. The van der Waals surface area contributed by atoms with Crippen LogP contribution in [0.5, 0.6) is 0 Å². The number of benzene rings is 2. The Kier molecular flexibility index (Phi) is 5.14. The average Bonchev–Trinajstić information content (AvgIpc) is 3.07. The summed E-state index contributed by atoms with van der Waals surface area (Å²) in [6, 6.07) is 20.2.